The highest BCUT2D eigenvalue weighted by Gasteiger charge is 2.25. The van der Waals surface area contributed by atoms with Crippen LogP contribution in [0.15, 0.2) is 24.3 Å². The van der Waals surface area contributed by atoms with Crippen LogP contribution in [-0.4, -0.2) is 43.4 Å². The van der Waals surface area contributed by atoms with Crippen LogP contribution in [0.25, 0.3) is 0 Å². The Morgan fingerprint density at radius 2 is 1.74 bits per heavy atom. The lowest BCUT2D eigenvalue weighted by molar-refractivity contribution is -0.144. The molecule has 2 N–H and O–H groups in total. The van der Waals surface area contributed by atoms with Crippen molar-refractivity contribution in [1.29, 1.82) is 0 Å². The molecule has 0 aromatic heterocycles. The summed E-state index contributed by atoms with van der Waals surface area (Å²) in [6, 6.07) is 6.70. The van der Waals surface area contributed by atoms with Crippen molar-refractivity contribution < 1.29 is 19.1 Å². The van der Waals surface area contributed by atoms with Crippen LogP contribution < -0.4 is 10.6 Å². The average Bonchev–Trinajstić information content (AvgIpc) is 2.54. The van der Waals surface area contributed by atoms with E-state index in [0.717, 1.165) is 5.56 Å². The third-order valence-electron chi connectivity index (χ3n) is 3.82. The van der Waals surface area contributed by atoms with E-state index in [1.165, 1.54) is 7.11 Å². The molecule has 0 aliphatic rings. The number of nitrogens with one attached hydrogen (secondary N) is 2. The van der Waals surface area contributed by atoms with Crippen molar-refractivity contribution in [2.75, 3.05) is 13.7 Å². The highest BCUT2D eigenvalue weighted by molar-refractivity contribution is 6.30. The predicted molar refractivity (Wildman–Crippen MR) is 107 cm³/mol. The number of methoxy groups -OCH3 is 1. The third-order valence-corrected chi connectivity index (χ3v) is 4.07. The Morgan fingerprint density at radius 1 is 1.15 bits per heavy atom. The number of amides is 1. The zero-order chi connectivity index (χ0) is 20.6. The maximum Gasteiger partial charge on any atom is 0.407 e. The lowest BCUT2D eigenvalue weighted by Gasteiger charge is -2.26. The molecular formula is C20H31ClN2O4. The SMILES string of the molecule is COC(=O)[C@@H](NC[C@H](Cc1ccc(Cl)cc1)NC(=O)OC(C)(C)C)C(C)C. The minimum atomic E-state index is -0.588. The third kappa shape index (κ3) is 9.11. The fraction of sp³-hybridized carbons (Fsp3) is 0.600. The van der Waals surface area contributed by atoms with E-state index in [1.54, 1.807) is 12.1 Å². The first-order chi connectivity index (χ1) is 12.5. The summed E-state index contributed by atoms with van der Waals surface area (Å²) in [4.78, 5) is 24.2. The normalized spacial score (nSPS) is 13.8. The molecule has 152 valence electrons. The van der Waals surface area contributed by atoms with E-state index in [0.29, 0.717) is 18.0 Å². The van der Waals surface area contributed by atoms with Crippen LogP contribution in [-0.2, 0) is 20.7 Å². The van der Waals surface area contributed by atoms with Gasteiger partial charge in [0.2, 0.25) is 0 Å². The Balaban J connectivity index is 2.83. The van der Waals surface area contributed by atoms with E-state index in [9.17, 15) is 9.59 Å². The Kier molecular flexibility index (Phi) is 9.06. The van der Waals surface area contributed by atoms with Gasteiger partial charge < -0.3 is 20.1 Å². The smallest absolute Gasteiger partial charge is 0.407 e. The fourth-order valence-electron chi connectivity index (χ4n) is 2.54. The predicted octanol–water partition coefficient (Wildman–Crippen LogP) is 3.56. The molecule has 1 aromatic rings. The van der Waals surface area contributed by atoms with Gasteiger partial charge in [0, 0.05) is 17.6 Å². The molecule has 0 saturated carbocycles. The van der Waals surface area contributed by atoms with Gasteiger partial charge in [0.25, 0.3) is 0 Å². The van der Waals surface area contributed by atoms with Gasteiger partial charge in [-0.25, -0.2) is 4.79 Å². The molecule has 1 aromatic carbocycles. The average molecular weight is 399 g/mol. The number of benzene rings is 1. The van der Waals surface area contributed by atoms with Crippen molar-refractivity contribution in [3.63, 3.8) is 0 Å². The molecule has 1 rings (SSSR count). The summed E-state index contributed by atoms with van der Waals surface area (Å²) in [6.07, 6.45) is 0.0671. The second-order valence-corrected chi connectivity index (χ2v) is 8.26. The summed E-state index contributed by atoms with van der Waals surface area (Å²) in [6.45, 7) is 9.69. The first-order valence-corrected chi connectivity index (χ1v) is 9.44. The minimum Gasteiger partial charge on any atom is -0.468 e. The monoisotopic (exact) mass is 398 g/mol. The van der Waals surface area contributed by atoms with Crippen molar-refractivity contribution in [1.82, 2.24) is 10.6 Å². The molecule has 1 amide bonds. The Bertz CT molecular complexity index is 611. The number of halogens is 1. The number of hydrogen-bond donors (Lipinski definition) is 2. The number of hydrogen-bond acceptors (Lipinski definition) is 5. The van der Waals surface area contributed by atoms with E-state index >= 15 is 0 Å². The Labute approximate surface area is 166 Å². The molecule has 27 heavy (non-hydrogen) atoms. The van der Waals surface area contributed by atoms with Crippen LogP contribution in [0.2, 0.25) is 5.02 Å². The second kappa shape index (κ2) is 10.5. The summed E-state index contributed by atoms with van der Waals surface area (Å²) < 4.78 is 10.2. The van der Waals surface area contributed by atoms with E-state index < -0.39 is 17.7 Å². The van der Waals surface area contributed by atoms with Crippen molar-refractivity contribution >= 4 is 23.7 Å². The van der Waals surface area contributed by atoms with Gasteiger partial charge in [-0.15, -0.1) is 0 Å². The van der Waals surface area contributed by atoms with Crippen molar-refractivity contribution in [3.05, 3.63) is 34.9 Å². The molecule has 0 heterocycles. The molecule has 6 nitrogen and oxygen atoms in total. The summed E-state index contributed by atoms with van der Waals surface area (Å²) in [5.74, 6) is -0.275. The van der Waals surface area contributed by atoms with Gasteiger partial charge in [0.1, 0.15) is 11.6 Å². The lowest BCUT2D eigenvalue weighted by Crippen LogP contribution is -2.50. The summed E-state index contributed by atoms with van der Waals surface area (Å²) >= 11 is 5.94. The molecule has 7 heteroatoms. The Morgan fingerprint density at radius 3 is 2.22 bits per heavy atom. The van der Waals surface area contributed by atoms with Crippen molar-refractivity contribution in [3.8, 4) is 0 Å². The minimum absolute atomic E-state index is 0.0511. The van der Waals surface area contributed by atoms with Gasteiger partial charge in [-0.1, -0.05) is 37.6 Å². The maximum absolute atomic E-state index is 12.2. The Hall–Kier alpha value is -1.79. The summed E-state index contributed by atoms with van der Waals surface area (Å²) in [5.41, 5.74) is 0.427. The van der Waals surface area contributed by atoms with Crippen LogP contribution in [0.4, 0.5) is 4.79 Å². The zero-order valence-corrected chi connectivity index (χ0v) is 17.7. The van der Waals surface area contributed by atoms with Crippen molar-refractivity contribution in [2.24, 2.45) is 5.92 Å². The first-order valence-electron chi connectivity index (χ1n) is 9.07. The van der Waals surface area contributed by atoms with Gasteiger partial charge in [-0.3, -0.25) is 4.79 Å². The number of carbonyl (C=O) groups excluding carboxylic acids is 2. The van der Waals surface area contributed by atoms with E-state index in [4.69, 9.17) is 21.1 Å². The van der Waals surface area contributed by atoms with Gasteiger partial charge in [0.15, 0.2) is 0 Å². The van der Waals surface area contributed by atoms with Gasteiger partial charge in [-0.2, -0.15) is 0 Å². The molecule has 2 atom stereocenters. The van der Waals surface area contributed by atoms with Crippen molar-refractivity contribution in [2.45, 2.75) is 58.7 Å². The van der Waals surface area contributed by atoms with Gasteiger partial charge in [-0.05, 0) is 50.8 Å². The lowest BCUT2D eigenvalue weighted by atomic mass is 10.0. The molecule has 0 spiro atoms. The van der Waals surface area contributed by atoms with Gasteiger partial charge in [0.05, 0.1) is 7.11 Å². The van der Waals surface area contributed by atoms with Crippen LogP contribution in [0.5, 0.6) is 0 Å². The topological polar surface area (TPSA) is 76.7 Å². The summed E-state index contributed by atoms with van der Waals surface area (Å²) in [5, 5.41) is 6.73. The van der Waals surface area contributed by atoms with E-state index in [1.807, 2.05) is 46.8 Å². The number of ether oxygens (including phenoxy) is 2. The molecular weight excluding hydrogens is 368 g/mol. The highest BCUT2D eigenvalue weighted by Crippen LogP contribution is 2.13. The molecule has 0 radical (unpaired) electrons. The van der Waals surface area contributed by atoms with E-state index in [2.05, 4.69) is 10.6 Å². The molecule has 0 unspecified atom stereocenters. The maximum atomic E-state index is 12.2. The molecule has 0 saturated heterocycles. The quantitative estimate of drug-likeness (QED) is 0.654. The molecule has 0 fully saturated rings. The van der Waals surface area contributed by atoms with Crippen LogP contribution >= 0.6 is 11.6 Å². The van der Waals surface area contributed by atoms with Gasteiger partial charge >= 0.3 is 12.1 Å². The number of carbonyl (C=O) groups is 2. The molecule has 0 aliphatic carbocycles. The number of rotatable bonds is 8. The first kappa shape index (κ1) is 23.2. The standard InChI is InChI=1S/C20H31ClN2O4/c1-13(2)17(18(24)26-6)22-12-16(23-19(25)27-20(3,4)5)11-14-7-9-15(21)10-8-14/h7-10,13,16-17,22H,11-12H2,1-6H3,(H,23,25)/t16-,17-/m0/s1. The summed E-state index contributed by atoms with van der Waals surface area (Å²) in [7, 11) is 1.36. The molecule has 0 aliphatic heterocycles. The van der Waals surface area contributed by atoms with Crippen LogP contribution in [0.3, 0.4) is 0 Å². The van der Waals surface area contributed by atoms with E-state index in [-0.39, 0.29) is 17.9 Å². The largest absolute Gasteiger partial charge is 0.468 e. The number of alkyl carbamates (subject to hydrolysis) is 1. The second-order valence-electron chi connectivity index (χ2n) is 7.83. The molecule has 0 bridgehead atoms. The fourth-order valence-corrected chi connectivity index (χ4v) is 2.67. The highest BCUT2D eigenvalue weighted by atomic mass is 35.5. The zero-order valence-electron chi connectivity index (χ0n) is 17.0. The van der Waals surface area contributed by atoms with Crippen LogP contribution in [0.1, 0.15) is 40.2 Å². The number of esters is 1. The van der Waals surface area contributed by atoms with Crippen LogP contribution in [0, 0.1) is 5.92 Å².